The molecule has 0 radical (unpaired) electrons. The Balaban J connectivity index is 0.000000313. The van der Waals surface area contributed by atoms with Gasteiger partial charge in [0.05, 0.1) is 26.9 Å². The number of para-hydroxylation sites is 1. The molecule has 0 aromatic heterocycles. The lowest BCUT2D eigenvalue weighted by atomic mass is 10.2. The molecule has 2 aromatic carbocycles. The second-order valence-corrected chi connectivity index (χ2v) is 3.94. The Morgan fingerprint density at radius 3 is 1.43 bits per heavy atom. The van der Waals surface area contributed by atoms with Gasteiger partial charge in [-0.3, -0.25) is 30.3 Å². The predicted molar refractivity (Wildman–Crippen MR) is 76.2 cm³/mol. The topological polar surface area (TPSA) is 170 Å². The van der Waals surface area contributed by atoms with E-state index in [0.717, 1.165) is 0 Å². The number of nitrogens with zero attached hydrogens (tertiary/aromatic N) is 3. The number of rotatable bonds is 3. The van der Waals surface area contributed by atoms with E-state index in [-0.39, 0.29) is 0 Å². The van der Waals surface area contributed by atoms with Crippen LogP contribution in [-0.2, 0) is 0 Å². The lowest BCUT2D eigenvalue weighted by Gasteiger charge is -1.97. The van der Waals surface area contributed by atoms with Gasteiger partial charge in [0.1, 0.15) is 5.75 Å². The zero-order valence-electron chi connectivity index (χ0n) is 11.2. The van der Waals surface area contributed by atoms with Crippen molar-refractivity contribution < 1.29 is 25.0 Å². The zero-order chi connectivity index (χ0) is 17.6. The van der Waals surface area contributed by atoms with Crippen LogP contribution in [0.1, 0.15) is 0 Å². The molecule has 0 unspecified atom stereocenters. The summed E-state index contributed by atoms with van der Waals surface area (Å²) in [5.74, 6) is -0.886. The van der Waals surface area contributed by atoms with Crippen LogP contribution >= 0.6 is 0 Å². The van der Waals surface area contributed by atoms with Crippen molar-refractivity contribution in [2.45, 2.75) is 0 Å². The Morgan fingerprint density at radius 2 is 1.17 bits per heavy atom. The fourth-order valence-electron chi connectivity index (χ4n) is 1.40. The quantitative estimate of drug-likeness (QED) is 0.640. The number of nitro benzene ring substituents is 3. The molecule has 0 amide bonds. The lowest BCUT2D eigenvalue weighted by Crippen LogP contribution is -1.97. The van der Waals surface area contributed by atoms with Crippen LogP contribution in [0.4, 0.5) is 17.1 Å². The molecule has 0 atom stereocenters. The molecule has 0 aliphatic rings. The van der Waals surface area contributed by atoms with Gasteiger partial charge in [-0.05, 0) is 12.1 Å². The summed E-state index contributed by atoms with van der Waals surface area (Å²) >= 11 is 0. The van der Waals surface area contributed by atoms with Crippen molar-refractivity contribution in [2.75, 3.05) is 0 Å². The summed E-state index contributed by atoms with van der Waals surface area (Å²) < 4.78 is 0. The molecule has 0 bridgehead atoms. The molecule has 120 valence electrons. The summed E-state index contributed by atoms with van der Waals surface area (Å²) in [6.45, 7) is 0. The second-order valence-electron chi connectivity index (χ2n) is 3.94. The average molecular weight is 323 g/mol. The van der Waals surface area contributed by atoms with E-state index in [4.69, 9.17) is 10.2 Å². The van der Waals surface area contributed by atoms with E-state index in [9.17, 15) is 30.3 Å². The first-order chi connectivity index (χ1) is 10.7. The SMILES string of the molecule is O=[N+]([O-])c1cc([N+](=O)[O-])c(O)c([N+](=O)[O-])c1.Oc1ccccc1. The minimum atomic E-state index is -1.21. The van der Waals surface area contributed by atoms with Crippen molar-refractivity contribution >= 4 is 17.1 Å². The van der Waals surface area contributed by atoms with Crippen molar-refractivity contribution in [3.8, 4) is 11.5 Å². The van der Waals surface area contributed by atoms with Crippen LogP contribution in [0, 0.1) is 30.3 Å². The second kappa shape index (κ2) is 7.31. The summed E-state index contributed by atoms with van der Waals surface area (Å²) in [5.41, 5.74) is -3.00. The number of non-ortho nitro benzene ring substituents is 1. The van der Waals surface area contributed by atoms with Crippen LogP contribution in [0.15, 0.2) is 42.5 Å². The molecule has 0 fully saturated rings. The fourth-order valence-corrected chi connectivity index (χ4v) is 1.40. The van der Waals surface area contributed by atoms with Gasteiger partial charge in [0.2, 0.25) is 0 Å². The highest BCUT2D eigenvalue weighted by Gasteiger charge is 2.30. The number of aromatic hydroxyl groups is 2. The molecule has 0 aliphatic heterocycles. The highest BCUT2D eigenvalue weighted by Crippen LogP contribution is 2.38. The third-order valence-corrected chi connectivity index (χ3v) is 2.41. The molecule has 0 aliphatic carbocycles. The maximum atomic E-state index is 10.4. The molecule has 23 heavy (non-hydrogen) atoms. The summed E-state index contributed by atoms with van der Waals surface area (Å²) in [5, 5.41) is 48.8. The van der Waals surface area contributed by atoms with Gasteiger partial charge in [-0.1, -0.05) is 18.2 Å². The van der Waals surface area contributed by atoms with Crippen molar-refractivity contribution in [3.63, 3.8) is 0 Å². The maximum absolute atomic E-state index is 10.4. The average Bonchev–Trinajstić information content (AvgIpc) is 2.48. The van der Waals surface area contributed by atoms with Gasteiger partial charge in [-0.25, -0.2) is 0 Å². The smallest absolute Gasteiger partial charge is 0.324 e. The molecule has 11 nitrogen and oxygen atoms in total. The van der Waals surface area contributed by atoms with Gasteiger partial charge in [0.25, 0.3) is 11.4 Å². The van der Waals surface area contributed by atoms with Crippen molar-refractivity contribution in [2.24, 2.45) is 0 Å². The van der Waals surface area contributed by atoms with Crippen LogP contribution in [0.5, 0.6) is 11.5 Å². The maximum Gasteiger partial charge on any atom is 0.324 e. The van der Waals surface area contributed by atoms with Gasteiger partial charge in [0.15, 0.2) is 0 Å². The predicted octanol–water partition coefficient (Wildman–Crippen LogP) is 2.51. The molecule has 2 N–H and O–H groups in total. The van der Waals surface area contributed by atoms with Crippen LogP contribution in [-0.4, -0.2) is 25.0 Å². The highest BCUT2D eigenvalue weighted by atomic mass is 16.6. The first-order valence-electron chi connectivity index (χ1n) is 5.78. The molecule has 2 aromatic rings. The molecular formula is C12H9N3O8. The van der Waals surface area contributed by atoms with Crippen LogP contribution in [0.2, 0.25) is 0 Å². The van der Waals surface area contributed by atoms with Crippen molar-refractivity contribution in [1.82, 2.24) is 0 Å². The Bertz CT molecular complexity index is 712. The summed E-state index contributed by atoms with van der Waals surface area (Å²) in [4.78, 5) is 27.8. The molecule has 0 saturated carbocycles. The van der Waals surface area contributed by atoms with Gasteiger partial charge in [-0.15, -0.1) is 0 Å². The number of nitro groups is 3. The number of phenolic OH excluding ortho intramolecular Hbond substituents is 2. The largest absolute Gasteiger partial charge is 0.508 e. The summed E-state index contributed by atoms with van der Waals surface area (Å²) in [6, 6.07) is 9.61. The standard InChI is InChI=1S/C6H3N3O7.C6H6O/c10-6-4(8(13)14)1-3(7(11)12)2-5(6)9(15)16;7-6-4-2-1-3-5-6/h1-2,10H;1-5,7H. The first kappa shape index (κ1) is 17.3. The Morgan fingerprint density at radius 1 is 0.739 bits per heavy atom. The highest BCUT2D eigenvalue weighted by molar-refractivity contribution is 5.64. The van der Waals surface area contributed by atoms with E-state index in [1.165, 1.54) is 0 Å². The zero-order valence-corrected chi connectivity index (χ0v) is 11.2. The number of benzene rings is 2. The summed E-state index contributed by atoms with van der Waals surface area (Å²) in [7, 11) is 0. The third-order valence-electron chi connectivity index (χ3n) is 2.41. The lowest BCUT2D eigenvalue weighted by molar-refractivity contribution is -0.404. The van der Waals surface area contributed by atoms with Crippen molar-refractivity contribution in [3.05, 3.63) is 72.8 Å². The Hall–Kier alpha value is -3.76. The monoisotopic (exact) mass is 323 g/mol. The number of phenols is 2. The minimum Gasteiger partial charge on any atom is -0.508 e. The van der Waals surface area contributed by atoms with Gasteiger partial charge in [0, 0.05) is 0 Å². The van der Waals surface area contributed by atoms with E-state index >= 15 is 0 Å². The molecule has 11 heteroatoms. The molecule has 0 heterocycles. The van der Waals surface area contributed by atoms with E-state index in [0.29, 0.717) is 17.9 Å². The third kappa shape index (κ3) is 4.63. The van der Waals surface area contributed by atoms with Crippen LogP contribution < -0.4 is 0 Å². The minimum absolute atomic E-state index is 0.322. The first-order valence-corrected chi connectivity index (χ1v) is 5.78. The molecule has 0 saturated heterocycles. The fraction of sp³-hybridized carbons (Fsp3) is 0. The molecule has 0 spiro atoms. The van der Waals surface area contributed by atoms with E-state index in [1.807, 2.05) is 6.07 Å². The van der Waals surface area contributed by atoms with E-state index in [2.05, 4.69) is 0 Å². The molecule has 2 rings (SSSR count). The Labute approximate surface area is 127 Å². The van der Waals surface area contributed by atoms with E-state index < -0.39 is 37.6 Å². The Kier molecular flexibility index (Phi) is 5.49. The van der Waals surface area contributed by atoms with Crippen LogP contribution in [0.25, 0.3) is 0 Å². The van der Waals surface area contributed by atoms with E-state index in [1.54, 1.807) is 24.3 Å². The van der Waals surface area contributed by atoms with Gasteiger partial charge < -0.3 is 10.2 Å². The van der Waals surface area contributed by atoms with Crippen molar-refractivity contribution in [1.29, 1.82) is 0 Å². The van der Waals surface area contributed by atoms with Gasteiger partial charge in [-0.2, -0.15) is 0 Å². The van der Waals surface area contributed by atoms with Gasteiger partial charge >= 0.3 is 11.4 Å². The number of hydrogen-bond donors (Lipinski definition) is 2. The molecular weight excluding hydrogens is 314 g/mol. The summed E-state index contributed by atoms with van der Waals surface area (Å²) in [6.07, 6.45) is 0. The van der Waals surface area contributed by atoms with Crippen LogP contribution in [0.3, 0.4) is 0 Å². The normalized spacial score (nSPS) is 9.39. The number of hydrogen-bond acceptors (Lipinski definition) is 8.